The lowest BCUT2D eigenvalue weighted by Crippen LogP contribution is -2.41. The number of halogens is 2. The van der Waals surface area contributed by atoms with Gasteiger partial charge in [0.15, 0.2) is 0 Å². The van der Waals surface area contributed by atoms with Crippen LogP contribution >= 0.6 is 15.9 Å². The largest absolute Gasteiger partial charge is 0.498 e. The van der Waals surface area contributed by atoms with Gasteiger partial charge in [-0.1, -0.05) is 22.0 Å². The first-order valence-electron chi connectivity index (χ1n) is 6.50. The monoisotopic (exact) mass is 344 g/mol. The Labute approximate surface area is 128 Å². The van der Waals surface area contributed by atoms with Gasteiger partial charge in [-0.3, -0.25) is 0 Å². The highest BCUT2D eigenvalue weighted by Crippen LogP contribution is 2.37. The summed E-state index contributed by atoms with van der Waals surface area (Å²) in [6, 6.07) is 3.10. The zero-order valence-electron chi connectivity index (χ0n) is 12.4. The molecular weight excluding hydrogens is 326 g/mol. The predicted octanol–water partition coefficient (Wildman–Crippen LogP) is 3.03. The maximum Gasteiger partial charge on any atom is 0.498 e. The Morgan fingerprint density at radius 1 is 1.20 bits per heavy atom. The molecule has 0 spiro atoms. The number of benzene rings is 1. The molecule has 0 bridgehead atoms. The smallest absolute Gasteiger partial charge is 0.497 e. The topological polar surface area (TPSA) is 27.7 Å². The highest BCUT2D eigenvalue weighted by Gasteiger charge is 2.52. The number of methoxy groups -OCH3 is 1. The summed E-state index contributed by atoms with van der Waals surface area (Å²) in [5, 5.41) is 0.426. The van der Waals surface area contributed by atoms with Crippen molar-refractivity contribution >= 4 is 28.5 Å². The summed E-state index contributed by atoms with van der Waals surface area (Å²) in [7, 11) is 0.950. The lowest BCUT2D eigenvalue weighted by atomic mass is 9.77. The van der Waals surface area contributed by atoms with Crippen molar-refractivity contribution in [2.75, 3.05) is 7.11 Å². The average molecular weight is 345 g/mol. The van der Waals surface area contributed by atoms with E-state index in [0.717, 1.165) is 0 Å². The Balaban J connectivity index is 2.43. The summed E-state index contributed by atoms with van der Waals surface area (Å²) in [5.74, 6) is 0.129. The van der Waals surface area contributed by atoms with Crippen molar-refractivity contribution in [1.82, 2.24) is 0 Å². The fourth-order valence-electron chi connectivity index (χ4n) is 2.05. The van der Waals surface area contributed by atoms with E-state index >= 15 is 0 Å². The van der Waals surface area contributed by atoms with E-state index in [2.05, 4.69) is 15.9 Å². The number of alkyl halides is 1. The molecule has 0 unspecified atom stereocenters. The molecule has 1 aromatic rings. The minimum absolute atomic E-state index is 0.306. The van der Waals surface area contributed by atoms with Crippen molar-refractivity contribution in [1.29, 1.82) is 0 Å². The van der Waals surface area contributed by atoms with Crippen molar-refractivity contribution in [3.8, 4) is 5.75 Å². The molecule has 0 aromatic heterocycles. The van der Waals surface area contributed by atoms with Crippen molar-refractivity contribution < 1.29 is 18.4 Å². The van der Waals surface area contributed by atoms with Gasteiger partial charge in [-0.15, -0.1) is 0 Å². The molecule has 0 atom stereocenters. The highest BCUT2D eigenvalue weighted by molar-refractivity contribution is 9.08. The van der Waals surface area contributed by atoms with Gasteiger partial charge in [0, 0.05) is 16.9 Å². The van der Waals surface area contributed by atoms with Gasteiger partial charge in [-0.05, 0) is 33.3 Å². The van der Waals surface area contributed by atoms with Crippen molar-refractivity contribution in [2.45, 2.75) is 44.2 Å². The van der Waals surface area contributed by atoms with E-state index in [1.165, 1.54) is 13.2 Å². The van der Waals surface area contributed by atoms with E-state index in [1.54, 1.807) is 6.07 Å². The first kappa shape index (κ1) is 15.8. The second-order valence-electron chi connectivity index (χ2n) is 5.91. The van der Waals surface area contributed by atoms with Crippen LogP contribution in [0.2, 0.25) is 0 Å². The third-order valence-corrected chi connectivity index (χ3v) is 4.65. The number of ether oxygens (including phenoxy) is 1. The zero-order valence-corrected chi connectivity index (χ0v) is 14.0. The van der Waals surface area contributed by atoms with Gasteiger partial charge in [0.2, 0.25) is 0 Å². The number of hydrogen-bond donors (Lipinski definition) is 0. The van der Waals surface area contributed by atoms with Crippen molar-refractivity contribution in [2.24, 2.45) is 0 Å². The van der Waals surface area contributed by atoms with Crippen LogP contribution in [-0.4, -0.2) is 25.4 Å². The van der Waals surface area contributed by atoms with Crippen LogP contribution in [0.15, 0.2) is 12.1 Å². The third-order valence-electron chi connectivity index (χ3n) is 4.05. The fraction of sp³-hybridized carbons (Fsp3) is 0.571. The lowest BCUT2D eigenvalue weighted by Gasteiger charge is -2.32. The van der Waals surface area contributed by atoms with Gasteiger partial charge in [-0.25, -0.2) is 4.39 Å². The lowest BCUT2D eigenvalue weighted by molar-refractivity contribution is 0.00578. The third kappa shape index (κ3) is 2.61. The molecule has 0 radical (unpaired) electrons. The zero-order chi connectivity index (χ0) is 15.1. The fourth-order valence-corrected chi connectivity index (χ4v) is 2.48. The summed E-state index contributed by atoms with van der Waals surface area (Å²) in [6.07, 6.45) is 0. The molecular formula is C14H19BBrFO3. The minimum Gasteiger partial charge on any atom is -0.497 e. The SMILES string of the molecule is COc1cc(F)c(CBr)cc1B1OC(C)(C)C(C)(C)O1. The average Bonchev–Trinajstić information content (AvgIpc) is 2.57. The Bertz CT molecular complexity index is 503. The molecule has 3 nitrogen and oxygen atoms in total. The van der Waals surface area contributed by atoms with E-state index in [0.29, 0.717) is 22.1 Å². The first-order chi connectivity index (χ1) is 9.21. The summed E-state index contributed by atoms with van der Waals surface area (Å²) >= 11 is 3.28. The molecule has 1 aliphatic rings. The summed E-state index contributed by atoms with van der Waals surface area (Å²) in [5.41, 5.74) is 0.384. The maximum atomic E-state index is 13.8. The van der Waals surface area contributed by atoms with E-state index in [9.17, 15) is 4.39 Å². The molecule has 1 aromatic carbocycles. The Hall–Kier alpha value is -0.585. The van der Waals surface area contributed by atoms with Crippen molar-refractivity contribution in [3.05, 3.63) is 23.5 Å². The van der Waals surface area contributed by atoms with Crippen LogP contribution in [0, 0.1) is 5.82 Å². The molecule has 2 rings (SSSR count). The van der Waals surface area contributed by atoms with Crippen LogP contribution in [0.1, 0.15) is 33.3 Å². The van der Waals surface area contributed by atoms with Gasteiger partial charge in [0.1, 0.15) is 11.6 Å². The minimum atomic E-state index is -0.562. The van der Waals surface area contributed by atoms with E-state index < -0.39 is 18.3 Å². The molecule has 6 heteroatoms. The summed E-state index contributed by atoms with van der Waals surface area (Å²) in [6.45, 7) is 7.92. The Morgan fingerprint density at radius 3 is 2.20 bits per heavy atom. The van der Waals surface area contributed by atoms with Crippen LogP contribution in [0.3, 0.4) is 0 Å². The van der Waals surface area contributed by atoms with E-state index in [-0.39, 0.29) is 5.82 Å². The molecule has 110 valence electrons. The first-order valence-corrected chi connectivity index (χ1v) is 7.62. The predicted molar refractivity (Wildman–Crippen MR) is 81.3 cm³/mol. The summed E-state index contributed by atoms with van der Waals surface area (Å²) in [4.78, 5) is 0. The van der Waals surface area contributed by atoms with Crippen LogP contribution in [0.4, 0.5) is 4.39 Å². The normalized spacial score (nSPS) is 20.2. The van der Waals surface area contributed by atoms with Crippen LogP contribution in [-0.2, 0) is 14.6 Å². The van der Waals surface area contributed by atoms with Crippen LogP contribution in [0.5, 0.6) is 5.75 Å². The van der Waals surface area contributed by atoms with E-state index in [4.69, 9.17) is 14.0 Å². The van der Waals surface area contributed by atoms with Gasteiger partial charge < -0.3 is 14.0 Å². The number of hydrogen-bond acceptors (Lipinski definition) is 3. The molecule has 1 aliphatic heterocycles. The second kappa shape index (κ2) is 5.32. The Kier molecular flexibility index (Phi) is 4.20. The van der Waals surface area contributed by atoms with Gasteiger partial charge in [0.25, 0.3) is 0 Å². The maximum absolute atomic E-state index is 13.8. The Morgan fingerprint density at radius 2 is 1.75 bits per heavy atom. The molecule has 0 aliphatic carbocycles. The molecule has 0 N–H and O–H groups in total. The number of rotatable bonds is 3. The molecule has 1 fully saturated rings. The summed E-state index contributed by atoms with van der Waals surface area (Å²) < 4.78 is 31.1. The van der Waals surface area contributed by atoms with Crippen LogP contribution in [0.25, 0.3) is 0 Å². The van der Waals surface area contributed by atoms with Gasteiger partial charge >= 0.3 is 7.12 Å². The quantitative estimate of drug-likeness (QED) is 0.623. The van der Waals surface area contributed by atoms with E-state index in [1.807, 2.05) is 27.7 Å². The molecule has 0 saturated carbocycles. The molecule has 0 amide bonds. The van der Waals surface area contributed by atoms with Gasteiger partial charge in [-0.2, -0.15) is 0 Å². The van der Waals surface area contributed by atoms with Gasteiger partial charge in [0.05, 0.1) is 18.3 Å². The van der Waals surface area contributed by atoms with Crippen LogP contribution < -0.4 is 10.2 Å². The molecule has 1 heterocycles. The standard InChI is InChI=1S/C14H19BBrFO3/c1-13(2)14(3,4)20-15(19-13)10-6-9(8-16)11(17)7-12(10)18-5/h6-7H,8H2,1-5H3. The van der Waals surface area contributed by atoms with Crippen molar-refractivity contribution in [3.63, 3.8) is 0 Å². The molecule has 1 saturated heterocycles. The second-order valence-corrected chi connectivity index (χ2v) is 6.47. The molecule has 20 heavy (non-hydrogen) atoms. The highest BCUT2D eigenvalue weighted by atomic mass is 79.9.